The molecule has 4 heteroatoms. The minimum Gasteiger partial charge on any atom is -0.496 e. The summed E-state index contributed by atoms with van der Waals surface area (Å²) in [7, 11) is 1.61. The molecule has 1 fully saturated rings. The molecule has 0 spiro atoms. The summed E-state index contributed by atoms with van der Waals surface area (Å²) >= 11 is 0. The van der Waals surface area contributed by atoms with Gasteiger partial charge in [0.25, 0.3) is 0 Å². The highest BCUT2D eigenvalue weighted by atomic mass is 19.1. The zero-order chi connectivity index (χ0) is 15.1. The van der Waals surface area contributed by atoms with Crippen molar-refractivity contribution in [1.29, 1.82) is 0 Å². The van der Waals surface area contributed by atoms with Crippen molar-refractivity contribution in [3.05, 3.63) is 48.0 Å². The Hall–Kier alpha value is -2.07. The van der Waals surface area contributed by atoms with Gasteiger partial charge in [-0.3, -0.25) is 0 Å². The van der Waals surface area contributed by atoms with Crippen LogP contribution in [0.3, 0.4) is 0 Å². The minimum atomic E-state index is -0.251. The van der Waals surface area contributed by atoms with Crippen LogP contribution in [0.5, 0.6) is 5.75 Å². The van der Waals surface area contributed by atoms with Gasteiger partial charge in [-0.2, -0.15) is 0 Å². The van der Waals surface area contributed by atoms with Crippen LogP contribution in [0.4, 0.5) is 4.39 Å². The van der Waals surface area contributed by atoms with Crippen molar-refractivity contribution in [1.82, 2.24) is 10.3 Å². The Balaban J connectivity index is 1.66. The van der Waals surface area contributed by atoms with Gasteiger partial charge in [-0.15, -0.1) is 0 Å². The molecule has 0 radical (unpaired) electrons. The summed E-state index contributed by atoms with van der Waals surface area (Å²) in [5, 5.41) is 3.44. The van der Waals surface area contributed by atoms with Crippen LogP contribution in [0.25, 0.3) is 16.7 Å². The van der Waals surface area contributed by atoms with Gasteiger partial charge in [-0.05, 0) is 54.6 Å². The van der Waals surface area contributed by atoms with Crippen molar-refractivity contribution in [2.75, 3.05) is 20.2 Å². The van der Waals surface area contributed by atoms with Gasteiger partial charge < -0.3 is 15.0 Å². The number of H-pyrrole nitrogens is 1. The first-order valence-corrected chi connectivity index (χ1v) is 7.68. The van der Waals surface area contributed by atoms with E-state index in [0.29, 0.717) is 11.7 Å². The molecule has 2 aromatic rings. The second-order valence-corrected chi connectivity index (χ2v) is 6.12. The molecule has 1 aliphatic carbocycles. The van der Waals surface area contributed by atoms with E-state index in [4.69, 9.17) is 4.74 Å². The van der Waals surface area contributed by atoms with E-state index in [1.165, 1.54) is 17.7 Å². The number of methoxy groups -OCH3 is 1. The van der Waals surface area contributed by atoms with Gasteiger partial charge in [-0.25, -0.2) is 4.39 Å². The first-order valence-electron chi connectivity index (χ1n) is 7.68. The molecule has 2 aliphatic rings. The topological polar surface area (TPSA) is 37.0 Å². The monoisotopic (exact) mass is 298 g/mol. The molecule has 0 bridgehead atoms. The molecule has 2 heterocycles. The minimum absolute atomic E-state index is 0.251. The maximum absolute atomic E-state index is 13.5. The standard InChI is InChI=1S/C18H19FN2O/c1-22-18-3-2-15(19)7-16(18)14-6-17(21-10-14)11-4-12-8-20-9-13(12)5-11/h2-4,6-7,10,12-13,20-21H,5,8-9H2,1H3. The third-order valence-electron chi connectivity index (χ3n) is 4.79. The lowest BCUT2D eigenvalue weighted by Crippen LogP contribution is -2.09. The van der Waals surface area contributed by atoms with Crippen LogP contribution in [0.15, 0.2) is 36.5 Å². The number of fused-ring (bicyclic) bond motifs is 1. The SMILES string of the molecule is COc1ccc(F)cc1-c1c[nH]c(C2=CC3CNCC3C2)c1. The summed E-state index contributed by atoms with van der Waals surface area (Å²) in [4.78, 5) is 3.34. The van der Waals surface area contributed by atoms with Gasteiger partial charge in [0.1, 0.15) is 11.6 Å². The lowest BCUT2D eigenvalue weighted by molar-refractivity contribution is 0.415. The van der Waals surface area contributed by atoms with Gasteiger partial charge in [0.2, 0.25) is 0 Å². The van der Waals surface area contributed by atoms with Crippen molar-refractivity contribution >= 4 is 5.57 Å². The summed E-state index contributed by atoms with van der Waals surface area (Å²) in [6.45, 7) is 2.19. The molecule has 0 saturated carbocycles. The second-order valence-electron chi connectivity index (χ2n) is 6.12. The molecule has 1 aliphatic heterocycles. The number of hydrogen-bond acceptors (Lipinski definition) is 2. The first-order chi connectivity index (χ1) is 10.7. The van der Waals surface area contributed by atoms with E-state index in [1.54, 1.807) is 13.2 Å². The molecule has 2 unspecified atom stereocenters. The maximum atomic E-state index is 13.5. The average Bonchev–Trinajstić information content (AvgIpc) is 3.22. The predicted octanol–water partition coefficient (Wildman–Crippen LogP) is 3.45. The lowest BCUT2D eigenvalue weighted by Gasteiger charge is -2.06. The molecule has 22 heavy (non-hydrogen) atoms. The quantitative estimate of drug-likeness (QED) is 0.910. The van der Waals surface area contributed by atoms with Crippen LogP contribution < -0.4 is 10.1 Å². The van der Waals surface area contributed by atoms with Crippen LogP contribution in [-0.4, -0.2) is 25.2 Å². The Morgan fingerprint density at radius 2 is 2.14 bits per heavy atom. The number of nitrogens with one attached hydrogen (secondary N) is 2. The Kier molecular flexibility index (Phi) is 3.26. The van der Waals surface area contributed by atoms with E-state index < -0.39 is 0 Å². The van der Waals surface area contributed by atoms with E-state index >= 15 is 0 Å². The Morgan fingerprint density at radius 3 is 2.95 bits per heavy atom. The predicted molar refractivity (Wildman–Crippen MR) is 85.2 cm³/mol. The van der Waals surface area contributed by atoms with Crippen LogP contribution >= 0.6 is 0 Å². The Morgan fingerprint density at radius 1 is 1.23 bits per heavy atom. The summed E-state index contributed by atoms with van der Waals surface area (Å²) in [5.41, 5.74) is 4.25. The molecule has 4 rings (SSSR count). The molecule has 114 valence electrons. The molecule has 3 nitrogen and oxygen atoms in total. The fourth-order valence-electron chi connectivity index (χ4n) is 3.62. The number of hydrogen-bond donors (Lipinski definition) is 2. The van der Waals surface area contributed by atoms with Crippen LogP contribution in [0, 0.1) is 17.7 Å². The van der Waals surface area contributed by atoms with Crippen LogP contribution in [0.1, 0.15) is 12.1 Å². The highest BCUT2D eigenvalue weighted by Gasteiger charge is 2.32. The van der Waals surface area contributed by atoms with E-state index in [2.05, 4.69) is 22.4 Å². The van der Waals surface area contributed by atoms with Gasteiger partial charge in [0.15, 0.2) is 0 Å². The molecule has 1 aromatic heterocycles. The zero-order valence-corrected chi connectivity index (χ0v) is 12.5. The van der Waals surface area contributed by atoms with Crippen molar-refractivity contribution in [3.63, 3.8) is 0 Å². The number of benzene rings is 1. The van der Waals surface area contributed by atoms with E-state index in [-0.39, 0.29) is 5.82 Å². The summed E-state index contributed by atoms with van der Waals surface area (Å²) in [6, 6.07) is 6.71. The molecular weight excluding hydrogens is 279 g/mol. The Bertz CT molecular complexity index is 734. The fourth-order valence-corrected chi connectivity index (χ4v) is 3.62. The van der Waals surface area contributed by atoms with E-state index in [0.717, 1.165) is 42.2 Å². The van der Waals surface area contributed by atoms with Gasteiger partial charge in [-0.1, -0.05) is 6.08 Å². The van der Waals surface area contributed by atoms with Crippen LogP contribution in [0.2, 0.25) is 0 Å². The van der Waals surface area contributed by atoms with Gasteiger partial charge in [0.05, 0.1) is 7.11 Å². The molecule has 2 atom stereocenters. The summed E-state index contributed by atoms with van der Waals surface area (Å²) in [6.07, 6.45) is 5.42. The number of ether oxygens (including phenoxy) is 1. The normalized spacial score (nSPS) is 23.5. The summed E-state index contributed by atoms with van der Waals surface area (Å²) < 4.78 is 18.9. The molecule has 1 saturated heterocycles. The highest BCUT2D eigenvalue weighted by molar-refractivity contribution is 5.76. The second kappa shape index (κ2) is 5.29. The van der Waals surface area contributed by atoms with Crippen LogP contribution in [-0.2, 0) is 0 Å². The van der Waals surface area contributed by atoms with E-state index in [1.807, 2.05) is 6.20 Å². The van der Waals surface area contributed by atoms with Crippen molar-refractivity contribution in [2.24, 2.45) is 11.8 Å². The maximum Gasteiger partial charge on any atom is 0.126 e. The number of rotatable bonds is 3. The fraction of sp³-hybridized carbons (Fsp3) is 0.333. The third-order valence-corrected chi connectivity index (χ3v) is 4.79. The number of aromatic nitrogens is 1. The lowest BCUT2D eigenvalue weighted by atomic mass is 9.99. The molecule has 1 aromatic carbocycles. The number of aromatic amines is 1. The Labute approximate surface area is 129 Å². The smallest absolute Gasteiger partial charge is 0.126 e. The van der Waals surface area contributed by atoms with E-state index in [9.17, 15) is 4.39 Å². The first kappa shape index (κ1) is 13.6. The summed E-state index contributed by atoms with van der Waals surface area (Å²) in [5.74, 6) is 1.82. The highest BCUT2D eigenvalue weighted by Crippen LogP contribution is 2.39. The van der Waals surface area contributed by atoms with Crippen molar-refractivity contribution in [3.8, 4) is 16.9 Å². The average molecular weight is 298 g/mol. The zero-order valence-electron chi connectivity index (χ0n) is 12.5. The largest absolute Gasteiger partial charge is 0.496 e. The van der Waals surface area contributed by atoms with Crippen molar-refractivity contribution < 1.29 is 9.13 Å². The molecule has 0 amide bonds. The van der Waals surface area contributed by atoms with Gasteiger partial charge >= 0.3 is 0 Å². The molecule has 2 N–H and O–H groups in total. The number of allylic oxidation sites excluding steroid dienone is 1. The molecular formula is C18H19FN2O. The number of halogens is 1. The van der Waals surface area contributed by atoms with Gasteiger partial charge in [0, 0.05) is 29.6 Å². The van der Waals surface area contributed by atoms with Crippen molar-refractivity contribution in [2.45, 2.75) is 6.42 Å². The third kappa shape index (κ3) is 2.24.